The highest BCUT2D eigenvalue weighted by molar-refractivity contribution is 5.44. The zero-order chi connectivity index (χ0) is 12.9. The topological polar surface area (TPSA) is 74.7 Å². The van der Waals surface area contributed by atoms with E-state index in [1.807, 2.05) is 0 Å². The summed E-state index contributed by atoms with van der Waals surface area (Å²) in [4.78, 5) is 4.21. The van der Waals surface area contributed by atoms with Crippen LogP contribution in [0, 0.1) is 17.2 Å². The van der Waals surface area contributed by atoms with Crippen molar-refractivity contribution in [2.75, 3.05) is 11.9 Å². The lowest BCUT2D eigenvalue weighted by Gasteiger charge is -2.31. The molecule has 0 bridgehead atoms. The molecular weight excluding hydrogens is 212 g/mol. The summed E-state index contributed by atoms with van der Waals surface area (Å²) in [6.07, 6.45) is 2.59. The van der Waals surface area contributed by atoms with E-state index in [1.165, 1.54) is 0 Å². The highest BCUT2D eigenvalue weighted by atomic mass is 15.1. The number of hydrogen-bond donors (Lipinski definition) is 2. The van der Waals surface area contributed by atoms with Crippen molar-refractivity contribution in [2.24, 2.45) is 11.7 Å². The molecule has 1 rings (SSSR count). The van der Waals surface area contributed by atoms with Crippen molar-refractivity contribution in [2.45, 2.75) is 32.7 Å². The third kappa shape index (κ3) is 4.04. The molecule has 0 saturated heterocycles. The largest absolute Gasteiger partial charge is 0.364 e. The van der Waals surface area contributed by atoms with Crippen LogP contribution in [0.3, 0.4) is 0 Å². The number of nitrogens with one attached hydrogen (secondary N) is 1. The second-order valence-corrected chi connectivity index (χ2v) is 5.03. The Morgan fingerprint density at radius 1 is 1.59 bits per heavy atom. The number of nitriles is 1. The van der Waals surface area contributed by atoms with Gasteiger partial charge in [0.05, 0.1) is 11.6 Å². The molecule has 0 amide bonds. The summed E-state index contributed by atoms with van der Waals surface area (Å²) in [6.45, 7) is 6.93. The standard InChI is InChI=1S/C13H20N4/c1-10(2)7-13(3,9-15)17-12-6-11(8-14)4-5-16-12/h4-6,10H,7,9,15H2,1-3H3,(H,16,17). The molecular formula is C13H20N4. The normalized spacial score (nSPS) is 14.1. The van der Waals surface area contributed by atoms with Gasteiger partial charge in [0.25, 0.3) is 0 Å². The van der Waals surface area contributed by atoms with Gasteiger partial charge < -0.3 is 11.1 Å². The molecule has 0 saturated carbocycles. The number of nitrogens with zero attached hydrogens (tertiary/aromatic N) is 2. The van der Waals surface area contributed by atoms with Crippen LogP contribution in [-0.4, -0.2) is 17.1 Å². The number of hydrogen-bond acceptors (Lipinski definition) is 4. The Kier molecular flexibility index (Phi) is 4.47. The average molecular weight is 232 g/mol. The molecule has 1 atom stereocenters. The smallest absolute Gasteiger partial charge is 0.127 e. The fourth-order valence-electron chi connectivity index (χ4n) is 1.96. The van der Waals surface area contributed by atoms with Gasteiger partial charge in [0.2, 0.25) is 0 Å². The minimum Gasteiger partial charge on any atom is -0.364 e. The number of nitrogens with two attached hydrogens (primary N) is 1. The lowest BCUT2D eigenvalue weighted by atomic mass is 9.91. The summed E-state index contributed by atoms with van der Waals surface area (Å²) in [6, 6.07) is 5.53. The quantitative estimate of drug-likeness (QED) is 0.815. The highest BCUT2D eigenvalue weighted by Crippen LogP contribution is 2.20. The lowest BCUT2D eigenvalue weighted by molar-refractivity contribution is 0.406. The Balaban J connectivity index is 2.83. The molecule has 1 aromatic heterocycles. The van der Waals surface area contributed by atoms with Gasteiger partial charge in [0.1, 0.15) is 5.82 Å². The van der Waals surface area contributed by atoms with Crippen molar-refractivity contribution >= 4 is 5.82 Å². The molecule has 17 heavy (non-hydrogen) atoms. The van der Waals surface area contributed by atoms with E-state index in [-0.39, 0.29) is 5.54 Å². The Morgan fingerprint density at radius 2 is 2.29 bits per heavy atom. The van der Waals surface area contributed by atoms with Gasteiger partial charge in [-0.05, 0) is 31.4 Å². The molecule has 0 aliphatic rings. The van der Waals surface area contributed by atoms with Crippen LogP contribution in [0.5, 0.6) is 0 Å². The van der Waals surface area contributed by atoms with Gasteiger partial charge in [-0.2, -0.15) is 5.26 Å². The maximum atomic E-state index is 8.83. The maximum absolute atomic E-state index is 8.83. The number of pyridine rings is 1. The van der Waals surface area contributed by atoms with Crippen molar-refractivity contribution in [1.82, 2.24) is 4.98 Å². The molecule has 1 heterocycles. The van der Waals surface area contributed by atoms with E-state index in [0.717, 1.165) is 6.42 Å². The lowest BCUT2D eigenvalue weighted by Crippen LogP contribution is -2.43. The van der Waals surface area contributed by atoms with E-state index in [9.17, 15) is 0 Å². The van der Waals surface area contributed by atoms with E-state index < -0.39 is 0 Å². The molecule has 92 valence electrons. The van der Waals surface area contributed by atoms with Crippen LogP contribution >= 0.6 is 0 Å². The number of anilines is 1. The fraction of sp³-hybridized carbons (Fsp3) is 0.538. The van der Waals surface area contributed by atoms with Crippen molar-refractivity contribution in [3.63, 3.8) is 0 Å². The van der Waals surface area contributed by atoms with Crippen molar-refractivity contribution in [3.8, 4) is 6.07 Å². The van der Waals surface area contributed by atoms with E-state index in [0.29, 0.717) is 23.8 Å². The third-order valence-corrected chi connectivity index (χ3v) is 2.63. The first kappa shape index (κ1) is 13.5. The predicted molar refractivity (Wildman–Crippen MR) is 69.5 cm³/mol. The summed E-state index contributed by atoms with van der Waals surface area (Å²) in [5, 5.41) is 12.2. The van der Waals surface area contributed by atoms with Crippen LogP contribution in [-0.2, 0) is 0 Å². The Labute approximate surface area is 103 Å². The summed E-state index contributed by atoms with van der Waals surface area (Å²) < 4.78 is 0. The van der Waals surface area contributed by atoms with Crippen LogP contribution in [0.4, 0.5) is 5.82 Å². The minimum atomic E-state index is -0.185. The Hall–Kier alpha value is -1.60. The van der Waals surface area contributed by atoms with Crippen LogP contribution in [0.1, 0.15) is 32.8 Å². The Bertz CT molecular complexity index is 408. The van der Waals surface area contributed by atoms with E-state index >= 15 is 0 Å². The van der Waals surface area contributed by atoms with Gasteiger partial charge >= 0.3 is 0 Å². The van der Waals surface area contributed by atoms with Crippen molar-refractivity contribution in [1.29, 1.82) is 5.26 Å². The van der Waals surface area contributed by atoms with E-state index in [2.05, 4.69) is 37.1 Å². The Morgan fingerprint density at radius 3 is 2.82 bits per heavy atom. The molecule has 4 heteroatoms. The summed E-state index contributed by atoms with van der Waals surface area (Å²) >= 11 is 0. The molecule has 0 aliphatic heterocycles. The average Bonchev–Trinajstić information content (AvgIpc) is 2.28. The van der Waals surface area contributed by atoms with E-state index in [1.54, 1.807) is 18.3 Å². The van der Waals surface area contributed by atoms with Crippen molar-refractivity contribution < 1.29 is 0 Å². The molecule has 3 N–H and O–H groups in total. The van der Waals surface area contributed by atoms with Crippen molar-refractivity contribution in [3.05, 3.63) is 23.9 Å². The van der Waals surface area contributed by atoms with Gasteiger partial charge in [-0.25, -0.2) is 4.98 Å². The second kappa shape index (κ2) is 5.65. The van der Waals surface area contributed by atoms with Crippen LogP contribution in [0.2, 0.25) is 0 Å². The van der Waals surface area contributed by atoms with Gasteiger partial charge in [-0.3, -0.25) is 0 Å². The van der Waals surface area contributed by atoms with Crippen LogP contribution in [0.25, 0.3) is 0 Å². The van der Waals surface area contributed by atoms with Gasteiger partial charge in [0, 0.05) is 18.3 Å². The van der Waals surface area contributed by atoms with Gasteiger partial charge in [-0.15, -0.1) is 0 Å². The first-order valence-corrected chi connectivity index (χ1v) is 5.83. The highest BCUT2D eigenvalue weighted by Gasteiger charge is 2.23. The predicted octanol–water partition coefficient (Wildman–Crippen LogP) is 2.13. The molecule has 0 spiro atoms. The van der Waals surface area contributed by atoms with E-state index in [4.69, 9.17) is 11.0 Å². The van der Waals surface area contributed by atoms with Crippen LogP contribution in [0.15, 0.2) is 18.3 Å². The second-order valence-electron chi connectivity index (χ2n) is 5.03. The van der Waals surface area contributed by atoms with Crippen LogP contribution < -0.4 is 11.1 Å². The minimum absolute atomic E-state index is 0.185. The number of aromatic nitrogens is 1. The summed E-state index contributed by atoms with van der Waals surface area (Å²) in [7, 11) is 0. The van der Waals surface area contributed by atoms with Gasteiger partial charge in [-0.1, -0.05) is 13.8 Å². The third-order valence-electron chi connectivity index (χ3n) is 2.63. The number of rotatable bonds is 5. The zero-order valence-electron chi connectivity index (χ0n) is 10.7. The maximum Gasteiger partial charge on any atom is 0.127 e. The first-order chi connectivity index (χ1) is 7.99. The molecule has 4 nitrogen and oxygen atoms in total. The monoisotopic (exact) mass is 232 g/mol. The molecule has 0 aromatic carbocycles. The SMILES string of the molecule is CC(C)CC(C)(CN)Nc1cc(C#N)ccn1. The molecule has 1 aromatic rings. The molecule has 1 unspecified atom stereocenters. The summed E-state index contributed by atoms with van der Waals surface area (Å²) in [5.74, 6) is 1.26. The first-order valence-electron chi connectivity index (χ1n) is 5.83. The summed E-state index contributed by atoms with van der Waals surface area (Å²) in [5.41, 5.74) is 6.24. The fourth-order valence-corrected chi connectivity index (χ4v) is 1.96. The molecule has 0 fully saturated rings. The molecule has 0 aliphatic carbocycles. The molecule has 0 radical (unpaired) electrons. The zero-order valence-corrected chi connectivity index (χ0v) is 10.7. The van der Waals surface area contributed by atoms with Gasteiger partial charge in [0.15, 0.2) is 0 Å².